The highest BCUT2D eigenvalue weighted by atomic mass is 14.8. The highest BCUT2D eigenvalue weighted by molar-refractivity contribution is 6.02. The molecule has 0 saturated heterocycles. The minimum absolute atomic E-state index is 0. The molecule has 0 amide bonds. The third-order valence-electron chi connectivity index (χ3n) is 2.17. The fraction of sp³-hybridized carbons (Fsp3) is 0. The van der Waals surface area contributed by atoms with E-state index in [1.165, 1.54) is 0 Å². The second-order valence-electron chi connectivity index (χ2n) is 2.93. The normalized spacial score (nSPS) is 10.3. The topological polar surface area (TPSA) is 72.1 Å². The summed E-state index contributed by atoms with van der Waals surface area (Å²) in [6, 6.07) is 5.95. The van der Waals surface area contributed by atoms with E-state index in [1.807, 2.05) is 30.6 Å². The van der Waals surface area contributed by atoms with Crippen molar-refractivity contribution in [1.82, 2.24) is 21.1 Å². The maximum atomic E-state index is 4.25. The molecule has 0 fully saturated rings. The van der Waals surface area contributed by atoms with Crippen LogP contribution in [0.4, 0.5) is 0 Å². The Morgan fingerprint density at radius 3 is 2.64 bits per heavy atom. The van der Waals surface area contributed by atoms with E-state index >= 15 is 0 Å². The molecule has 0 saturated carbocycles. The maximum Gasteiger partial charge on any atom is 0.0872 e. The fourth-order valence-corrected chi connectivity index (χ4v) is 1.57. The van der Waals surface area contributed by atoms with E-state index < -0.39 is 0 Å². The van der Waals surface area contributed by atoms with Crippen LogP contribution < -0.4 is 6.15 Å². The lowest BCUT2D eigenvalue weighted by Gasteiger charge is -1.97. The molecule has 2 aromatic heterocycles. The minimum atomic E-state index is 0. The van der Waals surface area contributed by atoms with Crippen molar-refractivity contribution in [3.63, 3.8) is 0 Å². The van der Waals surface area contributed by atoms with Crippen molar-refractivity contribution in [3.05, 3.63) is 36.8 Å². The number of rotatable bonds is 0. The highest BCUT2D eigenvalue weighted by Crippen LogP contribution is 2.20. The number of fused-ring (bicyclic) bond motifs is 3. The van der Waals surface area contributed by atoms with Crippen LogP contribution in [0.3, 0.4) is 0 Å². The van der Waals surface area contributed by atoms with Gasteiger partial charge in [0.05, 0.1) is 16.6 Å². The summed E-state index contributed by atoms with van der Waals surface area (Å²) in [6.45, 7) is 0. The molecule has 67 valence electrons. The Hall–Kier alpha value is -1.94. The molecule has 0 aliphatic carbocycles. The van der Waals surface area contributed by atoms with Crippen LogP contribution in [0.15, 0.2) is 36.8 Å². The maximum absolute atomic E-state index is 4.25. The quantitative estimate of drug-likeness (QED) is 0.575. The third kappa shape index (κ3) is 1.05. The van der Waals surface area contributed by atoms with E-state index in [0.717, 1.165) is 21.9 Å². The van der Waals surface area contributed by atoms with Crippen molar-refractivity contribution < 1.29 is 0 Å². The number of nitrogens with one attached hydrogen (secondary N) is 1. The minimum Gasteiger partial charge on any atom is -0.358 e. The summed E-state index contributed by atoms with van der Waals surface area (Å²) in [6.07, 6.45) is 5.39. The van der Waals surface area contributed by atoms with Gasteiger partial charge in [0.2, 0.25) is 0 Å². The van der Waals surface area contributed by atoms with Gasteiger partial charge in [-0.2, -0.15) is 0 Å². The molecule has 4 heteroatoms. The van der Waals surface area contributed by atoms with Crippen LogP contribution >= 0.6 is 0 Å². The molecule has 4 nitrogen and oxygen atoms in total. The molecule has 0 unspecified atom stereocenters. The monoisotopic (exact) mass is 183 g/mol. The molecular weight excluding hydrogens is 176 g/mol. The van der Waals surface area contributed by atoms with Gasteiger partial charge < -0.3 is 4.98 Å². The Bertz CT molecular complexity index is 570. The van der Waals surface area contributed by atoms with Gasteiger partial charge in [-0.3, -0.25) is 9.97 Å². The molecule has 1 N–H and O–H groups in total. The van der Waals surface area contributed by atoms with Crippen LogP contribution in [0.25, 0.3) is 21.9 Å². The van der Waals surface area contributed by atoms with Crippen molar-refractivity contribution in [2.45, 2.75) is 0 Å². The predicted molar refractivity (Wildman–Crippen MR) is 53.5 cm³/mol. The summed E-state index contributed by atoms with van der Waals surface area (Å²) >= 11 is 0. The van der Waals surface area contributed by atoms with E-state index in [0.29, 0.717) is 0 Å². The lowest BCUT2D eigenvalue weighted by molar-refractivity contribution is 1.30. The second-order valence-corrected chi connectivity index (χ2v) is 2.93. The summed E-state index contributed by atoms with van der Waals surface area (Å²) in [5.41, 5.74) is 3.04. The summed E-state index contributed by atoms with van der Waals surface area (Å²) in [5.74, 6) is 0. The average molecular weight is 183 g/mol. The highest BCUT2D eigenvalue weighted by Gasteiger charge is 2.00. The first-order valence-electron chi connectivity index (χ1n) is 4.12. The van der Waals surface area contributed by atoms with Crippen LogP contribution in [0.2, 0.25) is 0 Å². The zero-order chi connectivity index (χ0) is 8.67. The Balaban J connectivity index is 0.000000750. The van der Waals surface area contributed by atoms with Gasteiger partial charge in [-0.15, -0.1) is 0 Å². The van der Waals surface area contributed by atoms with E-state index in [1.54, 1.807) is 6.20 Å². The SMILES string of the molecule is [N].c1cc2c(ccc3ncc[nH]c32)n1. The van der Waals surface area contributed by atoms with E-state index in [9.17, 15) is 0 Å². The van der Waals surface area contributed by atoms with E-state index in [-0.39, 0.29) is 6.15 Å². The van der Waals surface area contributed by atoms with E-state index in [4.69, 9.17) is 0 Å². The van der Waals surface area contributed by atoms with Gasteiger partial charge in [0.15, 0.2) is 0 Å². The van der Waals surface area contributed by atoms with Gasteiger partial charge in [0.25, 0.3) is 0 Å². The smallest absolute Gasteiger partial charge is 0.0872 e. The van der Waals surface area contributed by atoms with Crippen LogP contribution in [0.1, 0.15) is 0 Å². The van der Waals surface area contributed by atoms with Crippen molar-refractivity contribution in [1.29, 1.82) is 0 Å². The van der Waals surface area contributed by atoms with Crippen LogP contribution in [-0.2, 0) is 0 Å². The van der Waals surface area contributed by atoms with Gasteiger partial charge in [-0.25, -0.2) is 0 Å². The van der Waals surface area contributed by atoms with Crippen LogP contribution in [0, 0.1) is 0 Å². The zero-order valence-electron chi connectivity index (χ0n) is 7.31. The number of nitrogens with zero attached hydrogens (tertiary/aromatic N) is 3. The molecule has 3 aromatic rings. The average Bonchev–Trinajstić information content (AvgIpc) is 2.65. The Morgan fingerprint density at radius 2 is 1.71 bits per heavy atom. The first kappa shape index (κ1) is 8.65. The number of aromatic nitrogens is 3. The number of H-pyrrole nitrogens is 1. The second kappa shape index (κ2) is 3.08. The number of hydrogen-bond acceptors (Lipinski definition) is 2. The molecule has 0 spiro atoms. The van der Waals surface area contributed by atoms with Gasteiger partial charge in [-0.1, -0.05) is 0 Å². The zero-order valence-corrected chi connectivity index (χ0v) is 7.31. The molecule has 2 heterocycles. The lowest BCUT2D eigenvalue weighted by atomic mass is 10.2. The van der Waals surface area contributed by atoms with Crippen LogP contribution in [0.5, 0.6) is 0 Å². The summed E-state index contributed by atoms with van der Waals surface area (Å²) < 4.78 is 0. The molecule has 0 aliphatic rings. The van der Waals surface area contributed by atoms with Gasteiger partial charge >= 0.3 is 0 Å². The largest absolute Gasteiger partial charge is 0.358 e. The number of benzene rings is 1. The standard InChI is InChI=1S/C10H7N3.N/c1-2-9-10(13-6-5-12-9)7-3-4-11-8(1)7;/h1-6,13H;. The Kier molecular flexibility index (Phi) is 1.90. The molecule has 14 heavy (non-hydrogen) atoms. The summed E-state index contributed by atoms with van der Waals surface area (Å²) in [7, 11) is 0. The molecular formula is C10H7N4. The predicted octanol–water partition coefficient (Wildman–Crippen LogP) is 1.63. The van der Waals surface area contributed by atoms with Crippen LogP contribution in [-0.4, -0.2) is 15.0 Å². The Labute approximate surface area is 80.6 Å². The molecule has 0 aliphatic heterocycles. The molecule has 0 atom stereocenters. The molecule has 3 radical (unpaired) electrons. The van der Waals surface area contributed by atoms with Crippen molar-refractivity contribution in [3.8, 4) is 0 Å². The van der Waals surface area contributed by atoms with Gasteiger partial charge in [0, 0.05) is 30.1 Å². The summed E-state index contributed by atoms with van der Waals surface area (Å²) in [5, 5.41) is 1.13. The molecule has 3 rings (SSSR count). The number of hydrogen-bond donors (Lipinski definition) is 1. The lowest BCUT2D eigenvalue weighted by Crippen LogP contribution is -1.81. The fourth-order valence-electron chi connectivity index (χ4n) is 1.57. The molecule has 1 aromatic carbocycles. The van der Waals surface area contributed by atoms with Crippen molar-refractivity contribution >= 4 is 21.9 Å². The van der Waals surface area contributed by atoms with E-state index in [2.05, 4.69) is 15.0 Å². The molecule has 0 bridgehead atoms. The Morgan fingerprint density at radius 1 is 0.929 bits per heavy atom. The van der Waals surface area contributed by atoms with Crippen molar-refractivity contribution in [2.24, 2.45) is 0 Å². The number of aromatic amines is 1. The first-order valence-corrected chi connectivity index (χ1v) is 4.12. The van der Waals surface area contributed by atoms with Gasteiger partial charge in [-0.05, 0) is 18.2 Å². The third-order valence-corrected chi connectivity index (χ3v) is 2.17. The first-order chi connectivity index (χ1) is 6.45. The van der Waals surface area contributed by atoms with Gasteiger partial charge in [0.1, 0.15) is 0 Å². The summed E-state index contributed by atoms with van der Waals surface area (Å²) in [4.78, 5) is 11.7. The van der Waals surface area contributed by atoms with Crippen molar-refractivity contribution in [2.75, 3.05) is 0 Å².